The van der Waals surface area contributed by atoms with Crippen molar-refractivity contribution in [1.82, 2.24) is 5.32 Å². The van der Waals surface area contributed by atoms with E-state index in [0.717, 1.165) is 27.8 Å². The van der Waals surface area contributed by atoms with Gasteiger partial charge in [0.15, 0.2) is 6.56 Å². The maximum Gasteiger partial charge on any atom is 0.257 e. The highest BCUT2D eigenvalue weighted by Gasteiger charge is 2.11. The number of likely N-dealkylation sites (N-methyl/N-ethyl adjacent to an activating group) is 1. The topological polar surface area (TPSA) is 58.6 Å². The second-order valence-corrected chi connectivity index (χ2v) is 6.54. The molecule has 2 aromatic rings. The molecule has 0 aromatic heterocycles. The molecule has 0 heterocycles. The highest BCUT2D eigenvalue weighted by Crippen LogP contribution is 2.29. The first kappa shape index (κ1) is 16.0. The number of aromatic hydroxyl groups is 1. The molecule has 0 atom stereocenters. The number of rotatable bonds is 6. The summed E-state index contributed by atoms with van der Waals surface area (Å²) in [7, 11) is 1.37. The van der Waals surface area contributed by atoms with Crippen molar-refractivity contribution >= 4 is 5.91 Å². The molecular weight excluding hydrogens is 314 g/mol. The second-order valence-electron chi connectivity index (χ2n) is 6.54. The van der Waals surface area contributed by atoms with Crippen LogP contribution in [-0.4, -0.2) is 24.6 Å². The quantitative estimate of drug-likeness (QED) is 0.837. The summed E-state index contributed by atoms with van der Waals surface area (Å²) in [4.78, 5) is 11.6. The fourth-order valence-electron chi connectivity index (χ4n) is 2.83. The lowest BCUT2D eigenvalue weighted by atomic mass is 9.93. The van der Waals surface area contributed by atoms with Crippen LogP contribution in [-0.2, 0) is 11.2 Å². The summed E-state index contributed by atoms with van der Waals surface area (Å²) in [6, 6.07) is 9.15. The van der Waals surface area contributed by atoms with Crippen LogP contribution in [0.25, 0.3) is 0 Å². The molecule has 0 bridgehead atoms. The summed E-state index contributed by atoms with van der Waals surface area (Å²) in [5.74, 6) is 0.0281. The third-order valence-corrected chi connectivity index (χ3v) is 4.25. The normalized spacial score (nSPS) is 12.6. The lowest BCUT2D eigenvalue weighted by Crippen LogP contribution is -2.24. The first-order valence-corrected chi connectivity index (χ1v) is 8.38. The van der Waals surface area contributed by atoms with E-state index >= 15 is 0 Å². The minimum atomic E-state index is -2.43. The van der Waals surface area contributed by atoms with Crippen molar-refractivity contribution in [2.75, 3.05) is 13.6 Å². The number of phenolic OH excluding ortho intramolecular Hbond substituents is 1. The fraction of sp³-hybridized carbons (Fsp3) is 0.381. The van der Waals surface area contributed by atoms with E-state index in [1.807, 2.05) is 39.8 Å². The number of hydrogen-bond acceptors (Lipinski definition) is 3. The molecule has 134 valence electrons. The van der Waals surface area contributed by atoms with Crippen molar-refractivity contribution in [2.24, 2.45) is 0 Å². The Morgan fingerprint density at radius 2 is 1.88 bits per heavy atom. The van der Waals surface area contributed by atoms with E-state index in [4.69, 9.17) is 7.48 Å². The number of nitrogens with one attached hydrogen (secondary N) is 1. The van der Waals surface area contributed by atoms with Crippen LogP contribution >= 0.6 is 0 Å². The predicted molar refractivity (Wildman–Crippen MR) is 100 cm³/mol. The van der Waals surface area contributed by atoms with Crippen molar-refractivity contribution in [3.05, 3.63) is 58.1 Å². The third kappa shape index (κ3) is 4.75. The smallest absolute Gasteiger partial charge is 0.257 e. The average Bonchev–Trinajstić information content (AvgIpc) is 2.58. The lowest BCUT2D eigenvalue weighted by molar-refractivity contribution is -0.122. The molecule has 25 heavy (non-hydrogen) atoms. The molecule has 0 saturated heterocycles. The van der Waals surface area contributed by atoms with Gasteiger partial charge in [0.25, 0.3) is 5.91 Å². The van der Waals surface area contributed by atoms with Crippen molar-refractivity contribution in [2.45, 2.75) is 40.0 Å². The zero-order valence-corrected chi connectivity index (χ0v) is 15.4. The van der Waals surface area contributed by atoms with E-state index in [-0.39, 0.29) is 5.92 Å². The Hall–Kier alpha value is -2.49. The van der Waals surface area contributed by atoms with Gasteiger partial charge in [0.05, 0.1) is 2.74 Å². The van der Waals surface area contributed by atoms with Crippen LogP contribution in [0.4, 0.5) is 0 Å². The zero-order chi connectivity index (χ0) is 20.4. The molecule has 0 unspecified atom stereocenters. The van der Waals surface area contributed by atoms with Gasteiger partial charge in [-0.1, -0.05) is 26.0 Å². The van der Waals surface area contributed by atoms with Crippen LogP contribution in [0, 0.1) is 13.8 Å². The maximum atomic E-state index is 11.6. The van der Waals surface area contributed by atoms with Crippen LogP contribution in [0.2, 0.25) is 0 Å². The van der Waals surface area contributed by atoms with Gasteiger partial charge in [-0.3, -0.25) is 4.79 Å². The molecule has 0 radical (unpaired) electrons. The van der Waals surface area contributed by atoms with Gasteiger partial charge >= 0.3 is 0 Å². The molecule has 0 aliphatic heterocycles. The monoisotopic (exact) mass is 343 g/mol. The number of phenols is 1. The van der Waals surface area contributed by atoms with Gasteiger partial charge in [-0.25, -0.2) is 0 Å². The molecule has 4 heteroatoms. The van der Waals surface area contributed by atoms with Crippen molar-refractivity contribution in [3.63, 3.8) is 0 Å². The Morgan fingerprint density at radius 1 is 1.24 bits per heavy atom. The summed E-state index contributed by atoms with van der Waals surface area (Å²) in [5.41, 5.74) is 5.04. The van der Waals surface area contributed by atoms with Crippen molar-refractivity contribution in [1.29, 1.82) is 0 Å². The van der Waals surface area contributed by atoms with E-state index in [9.17, 15) is 9.90 Å². The number of carbonyl (C=O) groups excluding carboxylic acids is 1. The minimum absolute atomic E-state index is 0.231. The molecule has 0 aliphatic carbocycles. The van der Waals surface area contributed by atoms with E-state index in [0.29, 0.717) is 17.9 Å². The first-order valence-electron chi connectivity index (χ1n) is 9.38. The van der Waals surface area contributed by atoms with E-state index < -0.39 is 12.5 Å². The molecule has 0 saturated carbocycles. The Labute approximate surface area is 152 Å². The number of amides is 1. The van der Waals surface area contributed by atoms with Crippen molar-refractivity contribution in [3.8, 4) is 11.5 Å². The third-order valence-electron chi connectivity index (χ3n) is 4.25. The van der Waals surface area contributed by atoms with E-state index in [2.05, 4.69) is 5.32 Å². The molecule has 0 aliphatic rings. The van der Waals surface area contributed by atoms with Crippen LogP contribution in [0.15, 0.2) is 30.3 Å². The lowest BCUT2D eigenvalue weighted by Gasteiger charge is -2.15. The predicted octanol–water partition coefficient (Wildman–Crippen LogP) is 3.85. The Bertz CT molecular complexity index is 824. The standard InChI is InChI=1S/C21H27NO3/c1-13(2)18-10-16(6-7-20(18)23)11-19-14(3)8-17(9-15(19)4)25-12-21(24)22-5/h6-10,13,23H,11-12H2,1-5H3,(H,22,24)/i12D2. The molecule has 4 nitrogen and oxygen atoms in total. The van der Waals surface area contributed by atoms with Gasteiger partial charge in [-0.05, 0) is 72.2 Å². The van der Waals surface area contributed by atoms with Crippen LogP contribution in [0.5, 0.6) is 11.5 Å². The number of carbonyl (C=O) groups is 1. The van der Waals surface area contributed by atoms with Gasteiger partial charge in [-0.15, -0.1) is 0 Å². The van der Waals surface area contributed by atoms with E-state index in [1.54, 1.807) is 18.2 Å². The van der Waals surface area contributed by atoms with Crippen LogP contribution < -0.4 is 10.1 Å². The highest BCUT2D eigenvalue weighted by atomic mass is 16.5. The summed E-state index contributed by atoms with van der Waals surface area (Å²) in [6.45, 7) is 5.53. The van der Waals surface area contributed by atoms with Crippen LogP contribution in [0.3, 0.4) is 0 Å². The molecule has 0 spiro atoms. The maximum absolute atomic E-state index is 11.6. The fourth-order valence-corrected chi connectivity index (χ4v) is 2.83. The molecule has 2 rings (SSSR count). The summed E-state index contributed by atoms with van der Waals surface area (Å²) in [6.07, 6.45) is 0.695. The van der Waals surface area contributed by atoms with Gasteiger partial charge < -0.3 is 15.2 Å². The zero-order valence-electron chi connectivity index (χ0n) is 17.4. The largest absolute Gasteiger partial charge is 0.508 e. The van der Waals surface area contributed by atoms with Gasteiger partial charge in [0, 0.05) is 7.05 Å². The average molecular weight is 343 g/mol. The highest BCUT2D eigenvalue weighted by molar-refractivity contribution is 5.77. The summed E-state index contributed by atoms with van der Waals surface area (Å²) in [5, 5.41) is 12.3. The first-order chi connectivity index (χ1) is 12.5. The van der Waals surface area contributed by atoms with Gasteiger partial charge in [0.2, 0.25) is 0 Å². The SMILES string of the molecule is [2H]C([2H])(Oc1cc(C)c(Cc2ccc(O)c(C(C)C)c2)c(C)c1)C(=O)NC. The second kappa shape index (κ2) is 8.06. The van der Waals surface area contributed by atoms with Gasteiger partial charge in [-0.2, -0.15) is 0 Å². The molecule has 2 N–H and O–H groups in total. The van der Waals surface area contributed by atoms with E-state index in [1.165, 1.54) is 7.05 Å². The van der Waals surface area contributed by atoms with Crippen molar-refractivity contribution < 1.29 is 17.4 Å². The number of hydrogen-bond donors (Lipinski definition) is 2. The molecule has 0 fully saturated rings. The molecular formula is C21H27NO3. The summed E-state index contributed by atoms with van der Waals surface area (Å²) >= 11 is 0. The molecule has 1 amide bonds. The number of aryl methyl sites for hydroxylation is 2. The van der Waals surface area contributed by atoms with Gasteiger partial charge in [0.1, 0.15) is 11.5 Å². The number of ether oxygens (including phenoxy) is 1. The Morgan fingerprint density at radius 3 is 2.44 bits per heavy atom. The summed E-state index contributed by atoms with van der Waals surface area (Å²) < 4.78 is 20.7. The molecule has 2 aromatic carbocycles. The number of benzene rings is 2. The minimum Gasteiger partial charge on any atom is -0.508 e. The van der Waals surface area contributed by atoms with Crippen LogP contribution in [0.1, 0.15) is 50.3 Å². The Kier molecular flexibility index (Phi) is 5.16. The Balaban J connectivity index is 2.30.